The topological polar surface area (TPSA) is 58.4 Å². The first kappa shape index (κ1) is 18.2. The van der Waals surface area contributed by atoms with Crippen LogP contribution in [0.3, 0.4) is 0 Å². The quantitative estimate of drug-likeness (QED) is 0.883. The van der Waals surface area contributed by atoms with E-state index in [2.05, 4.69) is 27.0 Å². The number of hydrogen-bond acceptors (Lipinski definition) is 3. The van der Waals surface area contributed by atoms with Crippen LogP contribution in [0.4, 0.5) is 0 Å². The van der Waals surface area contributed by atoms with E-state index < -0.39 is 11.9 Å². The highest BCUT2D eigenvalue weighted by Crippen LogP contribution is 2.26. The number of carboxylic acid groups (broad SMARTS) is 1. The van der Waals surface area contributed by atoms with Gasteiger partial charge in [0.15, 0.2) is 0 Å². The van der Waals surface area contributed by atoms with Crippen LogP contribution in [0.5, 0.6) is 0 Å². The SMILES string of the molecule is CC(CN(C)Cc1cn(-c2ccccc2)nc1C(C)(C)C)C(=O)O. The number of aliphatic carboxylic acids is 1. The van der Waals surface area contributed by atoms with Gasteiger partial charge in [-0.25, -0.2) is 4.68 Å². The molecule has 5 heteroatoms. The van der Waals surface area contributed by atoms with Gasteiger partial charge in [-0.1, -0.05) is 45.9 Å². The second-order valence-corrected chi connectivity index (χ2v) is 7.47. The average molecular weight is 329 g/mol. The van der Waals surface area contributed by atoms with Crippen LogP contribution < -0.4 is 0 Å². The third-order valence-corrected chi connectivity index (χ3v) is 3.97. The Morgan fingerprint density at radius 3 is 2.46 bits per heavy atom. The minimum atomic E-state index is -0.766. The van der Waals surface area contributed by atoms with E-state index in [4.69, 9.17) is 10.2 Å². The molecule has 1 heterocycles. The summed E-state index contributed by atoms with van der Waals surface area (Å²) in [5, 5.41) is 13.9. The van der Waals surface area contributed by atoms with Gasteiger partial charge in [-0.2, -0.15) is 5.10 Å². The first-order chi connectivity index (χ1) is 11.2. The van der Waals surface area contributed by atoms with Crippen LogP contribution in [0.25, 0.3) is 5.69 Å². The van der Waals surface area contributed by atoms with Gasteiger partial charge in [0.05, 0.1) is 17.3 Å². The van der Waals surface area contributed by atoms with Gasteiger partial charge in [0.2, 0.25) is 0 Å². The molecule has 1 N–H and O–H groups in total. The molecule has 24 heavy (non-hydrogen) atoms. The fraction of sp³-hybridized carbons (Fsp3) is 0.474. The maximum absolute atomic E-state index is 11.1. The molecule has 0 aliphatic rings. The van der Waals surface area contributed by atoms with E-state index in [9.17, 15) is 4.79 Å². The number of benzene rings is 1. The molecule has 0 saturated heterocycles. The van der Waals surface area contributed by atoms with Crippen molar-refractivity contribution in [2.45, 2.75) is 39.7 Å². The van der Waals surface area contributed by atoms with Crippen LogP contribution in [0.15, 0.2) is 36.5 Å². The predicted molar refractivity (Wildman–Crippen MR) is 95.4 cm³/mol. The molecule has 0 saturated carbocycles. The third-order valence-electron chi connectivity index (χ3n) is 3.97. The Kier molecular flexibility index (Phi) is 5.44. The van der Waals surface area contributed by atoms with Crippen molar-refractivity contribution in [1.29, 1.82) is 0 Å². The number of carboxylic acids is 1. The molecule has 0 aliphatic heterocycles. The zero-order chi connectivity index (χ0) is 17.9. The Hall–Kier alpha value is -2.14. The largest absolute Gasteiger partial charge is 0.481 e. The van der Waals surface area contributed by atoms with E-state index >= 15 is 0 Å². The molecule has 0 radical (unpaired) electrons. The molecule has 0 aliphatic carbocycles. The zero-order valence-corrected chi connectivity index (χ0v) is 15.2. The molecule has 1 unspecified atom stereocenters. The number of nitrogens with zero attached hydrogens (tertiary/aromatic N) is 3. The van der Waals surface area contributed by atoms with Gasteiger partial charge in [0.1, 0.15) is 0 Å². The summed E-state index contributed by atoms with van der Waals surface area (Å²) in [6, 6.07) is 10.0. The summed E-state index contributed by atoms with van der Waals surface area (Å²) in [5.41, 5.74) is 3.12. The van der Waals surface area contributed by atoms with Crippen LogP contribution in [0.2, 0.25) is 0 Å². The molecule has 2 aromatic rings. The van der Waals surface area contributed by atoms with Crippen molar-refractivity contribution in [3.05, 3.63) is 47.8 Å². The molecule has 5 nitrogen and oxygen atoms in total. The van der Waals surface area contributed by atoms with E-state index in [1.54, 1.807) is 6.92 Å². The van der Waals surface area contributed by atoms with Gasteiger partial charge in [0.25, 0.3) is 0 Å². The highest BCUT2D eigenvalue weighted by molar-refractivity contribution is 5.69. The number of carbonyl (C=O) groups is 1. The fourth-order valence-corrected chi connectivity index (χ4v) is 2.77. The Morgan fingerprint density at radius 2 is 1.92 bits per heavy atom. The van der Waals surface area contributed by atoms with Gasteiger partial charge in [0, 0.05) is 30.3 Å². The number of hydrogen-bond donors (Lipinski definition) is 1. The van der Waals surface area contributed by atoms with E-state index in [0.29, 0.717) is 13.1 Å². The predicted octanol–water partition coefficient (Wildman–Crippen LogP) is 3.32. The zero-order valence-electron chi connectivity index (χ0n) is 15.2. The molecule has 1 aromatic carbocycles. The molecule has 0 bridgehead atoms. The van der Waals surface area contributed by atoms with Crippen molar-refractivity contribution in [2.75, 3.05) is 13.6 Å². The minimum absolute atomic E-state index is 0.0748. The first-order valence-electron chi connectivity index (χ1n) is 8.24. The van der Waals surface area contributed by atoms with E-state index in [-0.39, 0.29) is 5.41 Å². The highest BCUT2D eigenvalue weighted by atomic mass is 16.4. The van der Waals surface area contributed by atoms with Crippen molar-refractivity contribution in [3.63, 3.8) is 0 Å². The monoisotopic (exact) mass is 329 g/mol. The fourth-order valence-electron chi connectivity index (χ4n) is 2.77. The highest BCUT2D eigenvalue weighted by Gasteiger charge is 2.24. The van der Waals surface area contributed by atoms with Crippen LogP contribution in [0, 0.1) is 5.92 Å². The third kappa shape index (κ3) is 4.45. The van der Waals surface area contributed by atoms with Crippen molar-refractivity contribution in [2.24, 2.45) is 5.92 Å². The van der Waals surface area contributed by atoms with E-state index in [0.717, 1.165) is 16.9 Å². The Balaban J connectivity index is 2.28. The van der Waals surface area contributed by atoms with Crippen LogP contribution in [0.1, 0.15) is 39.0 Å². The van der Waals surface area contributed by atoms with Gasteiger partial charge >= 0.3 is 5.97 Å². The average Bonchev–Trinajstić information content (AvgIpc) is 2.91. The standard InChI is InChI=1S/C19H27N3O2/c1-14(18(23)24)11-21(5)12-15-13-22(16-9-7-6-8-10-16)20-17(15)19(2,3)4/h6-10,13-14H,11-12H2,1-5H3,(H,23,24). The Labute approximate surface area is 143 Å². The van der Waals surface area contributed by atoms with Gasteiger partial charge in [-0.05, 0) is 19.2 Å². The van der Waals surface area contributed by atoms with Crippen LogP contribution in [-0.2, 0) is 16.8 Å². The van der Waals surface area contributed by atoms with Crippen molar-refractivity contribution in [1.82, 2.24) is 14.7 Å². The number of aromatic nitrogens is 2. The molecule has 1 aromatic heterocycles. The van der Waals surface area contributed by atoms with Crippen molar-refractivity contribution >= 4 is 5.97 Å². The van der Waals surface area contributed by atoms with Crippen molar-refractivity contribution in [3.8, 4) is 5.69 Å². The van der Waals surface area contributed by atoms with E-state index in [1.165, 1.54) is 0 Å². The summed E-state index contributed by atoms with van der Waals surface area (Å²) < 4.78 is 1.91. The van der Waals surface area contributed by atoms with Crippen molar-refractivity contribution < 1.29 is 9.90 Å². The summed E-state index contributed by atoms with van der Waals surface area (Å²) in [5.74, 6) is -1.16. The van der Waals surface area contributed by atoms with Gasteiger partial charge in [-0.15, -0.1) is 0 Å². The maximum Gasteiger partial charge on any atom is 0.307 e. The lowest BCUT2D eigenvalue weighted by Crippen LogP contribution is -2.29. The molecule has 2 rings (SSSR count). The summed E-state index contributed by atoms with van der Waals surface area (Å²) in [7, 11) is 1.95. The lowest BCUT2D eigenvalue weighted by atomic mass is 9.89. The summed E-state index contributed by atoms with van der Waals surface area (Å²) >= 11 is 0. The molecule has 0 amide bonds. The van der Waals surface area contributed by atoms with Gasteiger partial charge < -0.3 is 10.0 Å². The molecule has 0 spiro atoms. The number of rotatable bonds is 6. The summed E-state index contributed by atoms with van der Waals surface area (Å²) in [6.07, 6.45) is 2.05. The lowest BCUT2D eigenvalue weighted by Gasteiger charge is -2.22. The Morgan fingerprint density at radius 1 is 1.29 bits per heavy atom. The first-order valence-corrected chi connectivity index (χ1v) is 8.24. The summed E-state index contributed by atoms with van der Waals surface area (Å²) in [4.78, 5) is 13.1. The minimum Gasteiger partial charge on any atom is -0.481 e. The maximum atomic E-state index is 11.1. The van der Waals surface area contributed by atoms with Gasteiger partial charge in [-0.3, -0.25) is 4.79 Å². The second kappa shape index (κ2) is 7.18. The van der Waals surface area contributed by atoms with Crippen LogP contribution in [-0.4, -0.2) is 39.3 Å². The molecule has 130 valence electrons. The normalized spacial score (nSPS) is 13.2. The second-order valence-electron chi connectivity index (χ2n) is 7.47. The smallest absolute Gasteiger partial charge is 0.307 e. The number of para-hydroxylation sites is 1. The summed E-state index contributed by atoms with van der Waals surface area (Å²) in [6.45, 7) is 9.36. The molecule has 1 atom stereocenters. The van der Waals surface area contributed by atoms with E-state index in [1.807, 2.05) is 47.0 Å². The molecular weight excluding hydrogens is 302 g/mol. The molecular formula is C19H27N3O2. The molecule has 0 fully saturated rings. The van der Waals surface area contributed by atoms with Crippen LogP contribution >= 0.6 is 0 Å². The lowest BCUT2D eigenvalue weighted by molar-refractivity contribution is -0.141. The Bertz CT molecular complexity index is 686.